The van der Waals surface area contributed by atoms with Gasteiger partial charge in [-0.3, -0.25) is 14.1 Å². The highest BCUT2D eigenvalue weighted by Crippen LogP contribution is 2.33. The number of amides is 4. The molecule has 3 rings (SSSR count). The molecule has 24 heavy (non-hydrogen) atoms. The fourth-order valence-corrected chi connectivity index (χ4v) is 3.42. The first-order valence-corrected chi connectivity index (χ1v) is 8.61. The summed E-state index contributed by atoms with van der Waals surface area (Å²) in [7, 11) is -4.87. The second-order valence-electron chi connectivity index (χ2n) is 6.06. The van der Waals surface area contributed by atoms with Crippen molar-refractivity contribution >= 4 is 28.2 Å². The first-order valence-electron chi connectivity index (χ1n) is 7.25. The standard InChI is InChI=1S/C11H17N5O7S/c12-7-3-6(7)9(17)15(13)10(18)8-2-1-5-4-14(8)11(19)16(5)23-24(20,21)22/h5-8H,1-4,12-13H2,(H,20,21,22). The molecule has 1 saturated carbocycles. The normalized spacial score (nSPS) is 32.0. The van der Waals surface area contributed by atoms with Gasteiger partial charge in [0.25, 0.3) is 5.91 Å². The second kappa shape index (κ2) is 5.63. The van der Waals surface area contributed by atoms with Crippen LogP contribution in [0, 0.1) is 5.92 Å². The van der Waals surface area contributed by atoms with Gasteiger partial charge in [-0.15, -0.1) is 4.28 Å². The molecule has 2 aliphatic heterocycles. The van der Waals surface area contributed by atoms with Crippen molar-refractivity contribution in [1.82, 2.24) is 15.0 Å². The van der Waals surface area contributed by atoms with E-state index in [1.807, 2.05) is 0 Å². The van der Waals surface area contributed by atoms with Crippen LogP contribution in [0.1, 0.15) is 19.3 Å². The van der Waals surface area contributed by atoms with E-state index in [1.54, 1.807) is 0 Å². The first kappa shape index (κ1) is 17.0. The van der Waals surface area contributed by atoms with E-state index in [1.165, 1.54) is 0 Å². The van der Waals surface area contributed by atoms with Gasteiger partial charge in [0.05, 0.1) is 12.0 Å². The number of nitrogens with two attached hydrogens (primary N) is 2. The van der Waals surface area contributed by atoms with Crippen LogP contribution in [-0.2, 0) is 24.3 Å². The topological polar surface area (TPSA) is 177 Å². The molecule has 0 aromatic rings. The fraction of sp³-hybridized carbons (Fsp3) is 0.727. The van der Waals surface area contributed by atoms with Crippen LogP contribution in [0.4, 0.5) is 4.79 Å². The molecular weight excluding hydrogens is 346 g/mol. The van der Waals surface area contributed by atoms with E-state index in [4.69, 9.17) is 16.1 Å². The van der Waals surface area contributed by atoms with Gasteiger partial charge in [0, 0.05) is 12.6 Å². The van der Waals surface area contributed by atoms with Crippen LogP contribution in [0.2, 0.25) is 0 Å². The van der Waals surface area contributed by atoms with E-state index in [9.17, 15) is 22.8 Å². The van der Waals surface area contributed by atoms with Crippen LogP contribution in [0.3, 0.4) is 0 Å². The molecule has 0 spiro atoms. The second-order valence-corrected chi connectivity index (χ2v) is 7.07. The number of hydrazine groups is 1. The number of rotatable bonds is 4. The van der Waals surface area contributed by atoms with Gasteiger partial charge in [-0.05, 0) is 19.3 Å². The largest absolute Gasteiger partial charge is 0.418 e. The molecule has 2 saturated heterocycles. The van der Waals surface area contributed by atoms with Crippen molar-refractivity contribution in [3.8, 4) is 0 Å². The zero-order valence-corrected chi connectivity index (χ0v) is 13.3. The molecule has 12 nitrogen and oxygen atoms in total. The molecule has 3 aliphatic rings. The minimum atomic E-state index is -4.87. The van der Waals surface area contributed by atoms with Gasteiger partial charge in [-0.1, -0.05) is 0 Å². The average Bonchev–Trinajstić information content (AvgIpc) is 3.20. The number of piperidine rings is 1. The predicted octanol–water partition coefficient (Wildman–Crippen LogP) is -2.43. The molecular formula is C11H17N5O7S. The molecule has 2 bridgehead atoms. The van der Waals surface area contributed by atoms with Crippen LogP contribution in [0.15, 0.2) is 0 Å². The van der Waals surface area contributed by atoms with Gasteiger partial charge in [0.1, 0.15) is 6.04 Å². The van der Waals surface area contributed by atoms with Crippen LogP contribution in [0.5, 0.6) is 0 Å². The Kier molecular flexibility index (Phi) is 4.00. The van der Waals surface area contributed by atoms with Gasteiger partial charge in [-0.2, -0.15) is 13.5 Å². The molecule has 3 fully saturated rings. The van der Waals surface area contributed by atoms with Crippen molar-refractivity contribution in [3.63, 3.8) is 0 Å². The Balaban J connectivity index is 1.71. The lowest BCUT2D eigenvalue weighted by Gasteiger charge is -2.31. The minimum absolute atomic E-state index is 0.0235. The lowest BCUT2D eigenvalue weighted by atomic mass is 10.00. The van der Waals surface area contributed by atoms with Crippen molar-refractivity contribution in [3.05, 3.63) is 0 Å². The number of hydrogen-bond acceptors (Lipinski definition) is 8. The molecule has 13 heteroatoms. The number of hydrogen-bond donors (Lipinski definition) is 3. The quantitative estimate of drug-likeness (QED) is 0.161. The van der Waals surface area contributed by atoms with E-state index < -0.39 is 46.2 Å². The first-order chi connectivity index (χ1) is 11.1. The summed E-state index contributed by atoms with van der Waals surface area (Å²) in [4.78, 5) is 37.7. The zero-order chi connectivity index (χ0) is 17.8. The monoisotopic (exact) mass is 363 g/mol. The van der Waals surface area contributed by atoms with Crippen molar-refractivity contribution in [2.24, 2.45) is 17.5 Å². The van der Waals surface area contributed by atoms with E-state index in [-0.39, 0.29) is 25.4 Å². The molecule has 4 amide bonds. The predicted molar refractivity (Wildman–Crippen MR) is 75.5 cm³/mol. The molecule has 5 N–H and O–H groups in total. The Morgan fingerprint density at radius 1 is 1.29 bits per heavy atom. The Morgan fingerprint density at radius 2 is 1.92 bits per heavy atom. The number of fused-ring (bicyclic) bond motifs is 2. The average molecular weight is 363 g/mol. The summed E-state index contributed by atoms with van der Waals surface area (Å²) in [6, 6.07) is -2.84. The molecule has 0 radical (unpaired) electrons. The number of nitrogens with zero attached hydrogens (tertiary/aromatic N) is 3. The van der Waals surface area contributed by atoms with Gasteiger partial charge in [0.15, 0.2) is 0 Å². The van der Waals surface area contributed by atoms with Gasteiger partial charge >= 0.3 is 16.4 Å². The Labute approximate surface area is 137 Å². The third-order valence-corrected chi connectivity index (χ3v) is 4.76. The van der Waals surface area contributed by atoms with Crippen molar-refractivity contribution < 1.29 is 31.6 Å². The summed E-state index contributed by atoms with van der Waals surface area (Å²) in [5.41, 5.74) is 5.56. The molecule has 0 aromatic carbocycles. The highest BCUT2D eigenvalue weighted by molar-refractivity contribution is 7.80. The molecule has 2 heterocycles. The van der Waals surface area contributed by atoms with E-state index in [0.717, 1.165) is 4.90 Å². The third-order valence-electron chi connectivity index (χ3n) is 4.41. The maximum absolute atomic E-state index is 12.4. The Hall–Kier alpha value is -1.80. The van der Waals surface area contributed by atoms with Crippen LogP contribution in [-0.4, -0.2) is 70.5 Å². The maximum Gasteiger partial charge on any atom is 0.418 e. The molecule has 1 aliphatic carbocycles. The number of imide groups is 1. The summed E-state index contributed by atoms with van der Waals surface area (Å²) < 4.78 is 34.6. The van der Waals surface area contributed by atoms with Crippen molar-refractivity contribution in [2.45, 2.75) is 37.4 Å². The van der Waals surface area contributed by atoms with Crippen LogP contribution < -0.4 is 11.6 Å². The number of hydroxylamine groups is 2. The third kappa shape index (κ3) is 2.95. The van der Waals surface area contributed by atoms with E-state index in [0.29, 0.717) is 16.5 Å². The maximum atomic E-state index is 12.4. The number of urea groups is 1. The number of carbonyl (C=O) groups is 3. The molecule has 4 atom stereocenters. The van der Waals surface area contributed by atoms with Gasteiger partial charge in [0.2, 0.25) is 5.91 Å². The lowest BCUT2D eigenvalue weighted by molar-refractivity contribution is -0.149. The minimum Gasteiger partial charge on any atom is -0.327 e. The molecule has 0 aromatic heterocycles. The van der Waals surface area contributed by atoms with Crippen molar-refractivity contribution in [2.75, 3.05) is 6.54 Å². The van der Waals surface area contributed by atoms with Gasteiger partial charge in [-0.25, -0.2) is 15.6 Å². The summed E-state index contributed by atoms with van der Waals surface area (Å²) in [5, 5.41) is 0.990. The molecule has 134 valence electrons. The summed E-state index contributed by atoms with van der Waals surface area (Å²) in [5.74, 6) is 3.70. The smallest absolute Gasteiger partial charge is 0.327 e. The number of carbonyl (C=O) groups excluding carboxylic acids is 3. The highest BCUT2D eigenvalue weighted by Gasteiger charge is 2.51. The summed E-state index contributed by atoms with van der Waals surface area (Å²) in [6.07, 6.45) is 0.878. The van der Waals surface area contributed by atoms with Crippen LogP contribution >= 0.6 is 0 Å². The highest BCUT2D eigenvalue weighted by atomic mass is 32.3. The zero-order valence-electron chi connectivity index (χ0n) is 12.4. The summed E-state index contributed by atoms with van der Waals surface area (Å²) >= 11 is 0. The van der Waals surface area contributed by atoms with Crippen molar-refractivity contribution in [1.29, 1.82) is 0 Å². The fourth-order valence-electron chi connectivity index (χ4n) is 3.03. The summed E-state index contributed by atoms with van der Waals surface area (Å²) in [6.45, 7) is 0.0235. The van der Waals surface area contributed by atoms with Gasteiger partial charge < -0.3 is 10.6 Å². The SMILES string of the molecule is NC1CC1C(=O)N(N)C(=O)C1CCC2CN1C(=O)N2OS(=O)(=O)O. The molecule has 4 unspecified atom stereocenters. The Morgan fingerprint density at radius 3 is 2.46 bits per heavy atom. The Bertz CT molecular complexity index is 697. The van der Waals surface area contributed by atoms with E-state index in [2.05, 4.69) is 4.28 Å². The lowest BCUT2D eigenvalue weighted by Crippen LogP contribution is -2.55. The van der Waals surface area contributed by atoms with E-state index >= 15 is 0 Å². The van der Waals surface area contributed by atoms with Crippen LogP contribution in [0.25, 0.3) is 0 Å².